The van der Waals surface area contributed by atoms with Crippen LogP contribution < -0.4 is 10.1 Å². The van der Waals surface area contributed by atoms with Crippen LogP contribution in [-0.4, -0.2) is 49.2 Å². The molecule has 25 heavy (non-hydrogen) atoms. The molecule has 0 aromatic heterocycles. The van der Waals surface area contributed by atoms with E-state index in [0.717, 1.165) is 18.6 Å². The van der Waals surface area contributed by atoms with Crippen LogP contribution in [0.15, 0.2) is 24.3 Å². The van der Waals surface area contributed by atoms with Crippen LogP contribution in [0.5, 0.6) is 5.75 Å². The van der Waals surface area contributed by atoms with Crippen LogP contribution in [0.25, 0.3) is 0 Å². The monoisotopic (exact) mass is 348 g/mol. The van der Waals surface area contributed by atoms with Crippen molar-refractivity contribution in [3.05, 3.63) is 29.8 Å². The summed E-state index contributed by atoms with van der Waals surface area (Å²) in [6.07, 6.45) is 1.36. The fourth-order valence-electron chi connectivity index (χ4n) is 2.80. The highest BCUT2D eigenvalue weighted by molar-refractivity contribution is 5.94. The van der Waals surface area contributed by atoms with Gasteiger partial charge in [-0.2, -0.15) is 0 Å². The summed E-state index contributed by atoms with van der Waals surface area (Å²) in [6.45, 7) is 7.51. The molecule has 0 bridgehead atoms. The van der Waals surface area contributed by atoms with Gasteiger partial charge in [-0.15, -0.1) is 0 Å². The first-order valence-corrected chi connectivity index (χ1v) is 8.68. The number of methoxy groups -OCH3 is 1. The standard InChI is InChI=1S/C19H28N2O4/c1-19(2,3)25-18(23)20-13-14-9-11-21(12-10-14)17(22)15-5-7-16(24-4)8-6-15/h5-8,14H,9-13H2,1-4H3,(H,20,23). The number of hydrogen-bond acceptors (Lipinski definition) is 4. The van der Waals surface area contributed by atoms with Gasteiger partial charge in [0.2, 0.25) is 0 Å². The maximum Gasteiger partial charge on any atom is 0.407 e. The topological polar surface area (TPSA) is 67.9 Å². The molecular formula is C19H28N2O4. The molecule has 138 valence electrons. The second-order valence-electron chi connectivity index (χ2n) is 7.35. The van der Waals surface area contributed by atoms with Gasteiger partial charge in [-0.3, -0.25) is 4.79 Å². The zero-order valence-corrected chi connectivity index (χ0v) is 15.5. The molecule has 1 heterocycles. The molecule has 0 unspecified atom stereocenters. The van der Waals surface area contributed by atoms with E-state index in [1.807, 2.05) is 25.7 Å². The lowest BCUT2D eigenvalue weighted by Crippen LogP contribution is -2.42. The normalized spacial score (nSPS) is 15.6. The number of alkyl carbamates (subject to hydrolysis) is 1. The lowest BCUT2D eigenvalue weighted by Gasteiger charge is -2.32. The van der Waals surface area contributed by atoms with E-state index < -0.39 is 5.60 Å². The third kappa shape index (κ3) is 5.96. The average Bonchev–Trinajstić information content (AvgIpc) is 2.58. The van der Waals surface area contributed by atoms with Gasteiger partial charge >= 0.3 is 6.09 Å². The quantitative estimate of drug-likeness (QED) is 0.908. The van der Waals surface area contributed by atoms with Crippen LogP contribution in [0.1, 0.15) is 44.0 Å². The van der Waals surface area contributed by atoms with Crippen molar-refractivity contribution >= 4 is 12.0 Å². The fourth-order valence-corrected chi connectivity index (χ4v) is 2.80. The van der Waals surface area contributed by atoms with Crippen molar-refractivity contribution in [3.8, 4) is 5.75 Å². The SMILES string of the molecule is COc1ccc(C(=O)N2CCC(CNC(=O)OC(C)(C)C)CC2)cc1. The third-order valence-electron chi connectivity index (χ3n) is 4.17. The summed E-state index contributed by atoms with van der Waals surface area (Å²) in [7, 11) is 1.60. The number of likely N-dealkylation sites (tertiary alicyclic amines) is 1. The number of amides is 2. The van der Waals surface area contributed by atoms with E-state index in [2.05, 4.69) is 5.32 Å². The predicted molar refractivity (Wildman–Crippen MR) is 95.9 cm³/mol. The molecule has 6 nitrogen and oxygen atoms in total. The van der Waals surface area contributed by atoms with E-state index >= 15 is 0 Å². The Bertz CT molecular complexity index is 584. The Kier molecular flexibility index (Phi) is 6.28. The molecule has 1 aliphatic heterocycles. The first kappa shape index (κ1) is 19.1. The smallest absolute Gasteiger partial charge is 0.407 e. The largest absolute Gasteiger partial charge is 0.497 e. The van der Waals surface area contributed by atoms with Crippen molar-refractivity contribution in [2.45, 2.75) is 39.2 Å². The Morgan fingerprint density at radius 3 is 2.28 bits per heavy atom. The molecule has 6 heteroatoms. The van der Waals surface area contributed by atoms with Gasteiger partial charge in [0.1, 0.15) is 11.4 Å². The first-order chi connectivity index (χ1) is 11.8. The Labute approximate surface area is 149 Å². The Hall–Kier alpha value is -2.24. The van der Waals surface area contributed by atoms with E-state index in [9.17, 15) is 9.59 Å². The molecule has 1 aromatic carbocycles. The van der Waals surface area contributed by atoms with E-state index in [1.54, 1.807) is 31.4 Å². The zero-order chi connectivity index (χ0) is 18.4. The second-order valence-corrected chi connectivity index (χ2v) is 7.35. The maximum absolute atomic E-state index is 12.5. The number of ether oxygens (including phenoxy) is 2. The van der Waals surface area contributed by atoms with Gasteiger partial charge in [0.05, 0.1) is 7.11 Å². The summed E-state index contributed by atoms with van der Waals surface area (Å²) in [5.41, 5.74) is 0.184. The number of nitrogens with one attached hydrogen (secondary N) is 1. The van der Waals surface area contributed by atoms with E-state index in [4.69, 9.17) is 9.47 Å². The van der Waals surface area contributed by atoms with Crippen LogP contribution in [0, 0.1) is 5.92 Å². The molecule has 0 saturated carbocycles. The number of hydrogen-bond donors (Lipinski definition) is 1. The average molecular weight is 348 g/mol. The minimum atomic E-state index is -0.488. The molecule has 0 spiro atoms. The minimum absolute atomic E-state index is 0.0428. The molecule has 1 aromatic rings. The summed E-state index contributed by atoms with van der Waals surface area (Å²) in [5, 5.41) is 2.82. The fraction of sp³-hybridized carbons (Fsp3) is 0.579. The van der Waals surface area contributed by atoms with E-state index in [0.29, 0.717) is 31.1 Å². The van der Waals surface area contributed by atoms with Crippen molar-refractivity contribution in [2.75, 3.05) is 26.7 Å². The first-order valence-electron chi connectivity index (χ1n) is 8.68. The minimum Gasteiger partial charge on any atom is -0.497 e. The lowest BCUT2D eigenvalue weighted by molar-refractivity contribution is 0.0500. The van der Waals surface area contributed by atoms with Crippen LogP contribution in [0.2, 0.25) is 0 Å². The summed E-state index contributed by atoms with van der Waals surface area (Å²) < 4.78 is 10.4. The summed E-state index contributed by atoms with van der Waals surface area (Å²) >= 11 is 0. The molecule has 1 fully saturated rings. The molecule has 2 amide bonds. The highest BCUT2D eigenvalue weighted by atomic mass is 16.6. The van der Waals surface area contributed by atoms with Gasteiger partial charge in [-0.25, -0.2) is 4.79 Å². The molecule has 1 saturated heterocycles. The van der Waals surface area contributed by atoms with Gasteiger partial charge < -0.3 is 19.7 Å². The van der Waals surface area contributed by atoms with Gasteiger partial charge in [0, 0.05) is 25.2 Å². The van der Waals surface area contributed by atoms with Crippen LogP contribution in [-0.2, 0) is 4.74 Å². The molecule has 2 rings (SSSR count). The van der Waals surface area contributed by atoms with Crippen molar-refractivity contribution in [2.24, 2.45) is 5.92 Å². The predicted octanol–water partition coefficient (Wildman–Crippen LogP) is 3.07. The third-order valence-corrected chi connectivity index (χ3v) is 4.17. The Morgan fingerprint density at radius 1 is 1.16 bits per heavy atom. The number of piperidine rings is 1. The maximum atomic E-state index is 12.5. The Balaban J connectivity index is 1.77. The number of rotatable bonds is 4. The van der Waals surface area contributed by atoms with Crippen molar-refractivity contribution < 1.29 is 19.1 Å². The molecule has 0 radical (unpaired) electrons. The summed E-state index contributed by atoms with van der Waals surface area (Å²) in [6, 6.07) is 7.17. The highest BCUT2D eigenvalue weighted by Gasteiger charge is 2.24. The number of carbonyl (C=O) groups excluding carboxylic acids is 2. The number of carbonyl (C=O) groups is 2. The molecule has 0 aliphatic carbocycles. The van der Waals surface area contributed by atoms with Gasteiger partial charge in [-0.1, -0.05) is 0 Å². The number of benzene rings is 1. The van der Waals surface area contributed by atoms with Gasteiger partial charge in [-0.05, 0) is 63.8 Å². The Morgan fingerprint density at radius 2 is 1.76 bits per heavy atom. The van der Waals surface area contributed by atoms with E-state index in [1.165, 1.54) is 0 Å². The molecule has 0 atom stereocenters. The lowest BCUT2D eigenvalue weighted by atomic mass is 9.96. The summed E-state index contributed by atoms with van der Waals surface area (Å²) in [4.78, 5) is 26.1. The zero-order valence-electron chi connectivity index (χ0n) is 15.5. The van der Waals surface area contributed by atoms with Crippen molar-refractivity contribution in [1.82, 2.24) is 10.2 Å². The van der Waals surface area contributed by atoms with Crippen LogP contribution >= 0.6 is 0 Å². The second kappa shape index (κ2) is 8.23. The van der Waals surface area contributed by atoms with Crippen LogP contribution in [0.4, 0.5) is 4.79 Å². The van der Waals surface area contributed by atoms with Crippen LogP contribution in [0.3, 0.4) is 0 Å². The van der Waals surface area contributed by atoms with Gasteiger partial charge in [0.25, 0.3) is 5.91 Å². The summed E-state index contributed by atoms with van der Waals surface area (Å²) in [5.74, 6) is 1.15. The highest BCUT2D eigenvalue weighted by Crippen LogP contribution is 2.20. The van der Waals surface area contributed by atoms with Crippen molar-refractivity contribution in [1.29, 1.82) is 0 Å². The molecule has 1 aliphatic rings. The van der Waals surface area contributed by atoms with Crippen molar-refractivity contribution in [3.63, 3.8) is 0 Å². The number of nitrogens with zero attached hydrogens (tertiary/aromatic N) is 1. The van der Waals surface area contributed by atoms with Gasteiger partial charge in [0.15, 0.2) is 0 Å². The molecule has 1 N–H and O–H groups in total. The van der Waals surface area contributed by atoms with E-state index in [-0.39, 0.29) is 12.0 Å². The molecular weight excluding hydrogens is 320 g/mol.